The average molecular weight is 219 g/mol. The monoisotopic (exact) mass is 219 g/mol. The summed E-state index contributed by atoms with van der Waals surface area (Å²) >= 11 is 0. The van der Waals surface area contributed by atoms with Crippen molar-refractivity contribution in [2.45, 2.75) is 32.7 Å². The standard InChI is InChI=1S/C12H17N3O/c1-3-15(9-4-5-9)12(16)10-7-14-8(2)6-11(10)13/h6-7,9H,3-5H2,1-2H3,(H2,13,14). The highest BCUT2D eigenvalue weighted by Gasteiger charge is 2.32. The first-order valence-electron chi connectivity index (χ1n) is 5.66. The van der Waals surface area contributed by atoms with Crippen LogP contribution in [-0.2, 0) is 0 Å². The van der Waals surface area contributed by atoms with Gasteiger partial charge in [-0.3, -0.25) is 9.78 Å². The van der Waals surface area contributed by atoms with Crippen molar-refractivity contribution in [2.75, 3.05) is 12.3 Å². The largest absolute Gasteiger partial charge is 0.398 e. The molecule has 86 valence electrons. The second kappa shape index (κ2) is 4.12. The molecule has 0 radical (unpaired) electrons. The van der Waals surface area contributed by atoms with Crippen LogP contribution in [0.15, 0.2) is 12.3 Å². The van der Waals surface area contributed by atoms with Gasteiger partial charge in [-0.2, -0.15) is 0 Å². The van der Waals surface area contributed by atoms with Crippen LogP contribution in [0, 0.1) is 6.92 Å². The van der Waals surface area contributed by atoms with Gasteiger partial charge >= 0.3 is 0 Å². The summed E-state index contributed by atoms with van der Waals surface area (Å²) in [5, 5.41) is 0. The number of nitrogen functional groups attached to an aromatic ring is 1. The molecule has 0 atom stereocenters. The number of pyridine rings is 1. The van der Waals surface area contributed by atoms with Crippen LogP contribution in [0.25, 0.3) is 0 Å². The van der Waals surface area contributed by atoms with Crippen molar-refractivity contribution in [3.63, 3.8) is 0 Å². The van der Waals surface area contributed by atoms with E-state index in [9.17, 15) is 4.79 Å². The van der Waals surface area contributed by atoms with Gasteiger partial charge in [-0.1, -0.05) is 0 Å². The highest BCUT2D eigenvalue weighted by Crippen LogP contribution is 2.28. The number of hydrogen-bond donors (Lipinski definition) is 1. The van der Waals surface area contributed by atoms with Gasteiger partial charge in [-0.15, -0.1) is 0 Å². The number of nitrogens with zero attached hydrogens (tertiary/aromatic N) is 2. The summed E-state index contributed by atoms with van der Waals surface area (Å²) in [6.07, 6.45) is 3.80. The van der Waals surface area contributed by atoms with Crippen LogP contribution in [0.1, 0.15) is 35.8 Å². The van der Waals surface area contributed by atoms with E-state index in [0.29, 0.717) is 17.3 Å². The summed E-state index contributed by atoms with van der Waals surface area (Å²) in [5.41, 5.74) is 7.74. The van der Waals surface area contributed by atoms with Crippen LogP contribution in [0.5, 0.6) is 0 Å². The first-order valence-corrected chi connectivity index (χ1v) is 5.66. The first kappa shape index (κ1) is 10.9. The molecule has 1 amide bonds. The van der Waals surface area contributed by atoms with E-state index in [0.717, 1.165) is 25.1 Å². The van der Waals surface area contributed by atoms with Crippen LogP contribution in [0.4, 0.5) is 5.69 Å². The van der Waals surface area contributed by atoms with Gasteiger partial charge in [0, 0.05) is 30.2 Å². The zero-order chi connectivity index (χ0) is 11.7. The highest BCUT2D eigenvalue weighted by molar-refractivity contribution is 5.99. The third kappa shape index (κ3) is 2.01. The molecule has 4 heteroatoms. The Hall–Kier alpha value is -1.58. The maximum absolute atomic E-state index is 12.2. The molecule has 1 saturated carbocycles. The second-order valence-corrected chi connectivity index (χ2v) is 4.24. The number of hydrogen-bond acceptors (Lipinski definition) is 3. The van der Waals surface area contributed by atoms with E-state index in [4.69, 9.17) is 5.73 Å². The molecule has 1 aromatic heterocycles. The van der Waals surface area contributed by atoms with Crippen LogP contribution in [0.3, 0.4) is 0 Å². The van der Waals surface area contributed by atoms with Crippen molar-refractivity contribution in [3.8, 4) is 0 Å². The van der Waals surface area contributed by atoms with Crippen LogP contribution in [0.2, 0.25) is 0 Å². The van der Waals surface area contributed by atoms with Gasteiger partial charge in [-0.25, -0.2) is 0 Å². The lowest BCUT2D eigenvalue weighted by Gasteiger charge is -2.21. The Balaban J connectivity index is 2.25. The molecule has 1 heterocycles. The van der Waals surface area contributed by atoms with E-state index < -0.39 is 0 Å². The lowest BCUT2D eigenvalue weighted by Crippen LogP contribution is -2.33. The van der Waals surface area contributed by atoms with Gasteiger partial charge < -0.3 is 10.6 Å². The topological polar surface area (TPSA) is 59.2 Å². The molecule has 1 aromatic rings. The number of carbonyl (C=O) groups is 1. The smallest absolute Gasteiger partial charge is 0.257 e. The molecule has 0 spiro atoms. The summed E-state index contributed by atoms with van der Waals surface area (Å²) in [7, 11) is 0. The molecular weight excluding hydrogens is 202 g/mol. The normalized spacial score (nSPS) is 14.9. The number of aryl methyl sites for hydroxylation is 1. The van der Waals surface area contributed by atoms with Gasteiger partial charge in [0.15, 0.2) is 0 Å². The Morgan fingerprint density at radius 2 is 2.31 bits per heavy atom. The molecule has 1 fully saturated rings. The quantitative estimate of drug-likeness (QED) is 0.840. The number of amides is 1. The number of anilines is 1. The minimum Gasteiger partial charge on any atom is -0.398 e. The van der Waals surface area contributed by atoms with Crippen molar-refractivity contribution < 1.29 is 4.79 Å². The number of carbonyl (C=O) groups excluding carboxylic acids is 1. The molecule has 0 bridgehead atoms. The second-order valence-electron chi connectivity index (χ2n) is 4.24. The maximum atomic E-state index is 12.2. The minimum atomic E-state index is 0.00926. The predicted molar refractivity (Wildman–Crippen MR) is 63.1 cm³/mol. The van der Waals surface area contributed by atoms with Gasteiger partial charge in [0.1, 0.15) is 0 Å². The zero-order valence-corrected chi connectivity index (χ0v) is 9.73. The molecule has 16 heavy (non-hydrogen) atoms. The molecule has 0 saturated heterocycles. The van der Waals surface area contributed by atoms with Crippen molar-refractivity contribution >= 4 is 11.6 Å². The summed E-state index contributed by atoms with van der Waals surface area (Å²) in [6.45, 7) is 4.59. The van der Waals surface area contributed by atoms with E-state index in [-0.39, 0.29) is 5.91 Å². The number of nitrogens with two attached hydrogens (primary N) is 1. The average Bonchev–Trinajstić information content (AvgIpc) is 3.02. The van der Waals surface area contributed by atoms with Crippen LogP contribution < -0.4 is 5.73 Å². The van der Waals surface area contributed by atoms with Crippen LogP contribution in [-0.4, -0.2) is 28.4 Å². The fourth-order valence-corrected chi connectivity index (χ4v) is 1.87. The molecule has 2 N–H and O–H groups in total. The molecule has 0 aromatic carbocycles. The first-order chi connectivity index (χ1) is 7.63. The van der Waals surface area contributed by atoms with E-state index in [1.165, 1.54) is 0 Å². The predicted octanol–water partition coefficient (Wildman–Crippen LogP) is 1.60. The van der Waals surface area contributed by atoms with E-state index >= 15 is 0 Å². The van der Waals surface area contributed by atoms with Crippen molar-refractivity contribution in [1.29, 1.82) is 0 Å². The van der Waals surface area contributed by atoms with Crippen molar-refractivity contribution in [2.24, 2.45) is 0 Å². The molecular formula is C12H17N3O. The minimum absolute atomic E-state index is 0.00926. The zero-order valence-electron chi connectivity index (χ0n) is 9.73. The molecule has 0 aliphatic heterocycles. The molecule has 1 aliphatic rings. The third-order valence-electron chi connectivity index (χ3n) is 2.89. The molecule has 1 aliphatic carbocycles. The van der Waals surface area contributed by atoms with Gasteiger partial charge in [0.05, 0.1) is 5.56 Å². The molecule has 4 nitrogen and oxygen atoms in total. The van der Waals surface area contributed by atoms with E-state index in [2.05, 4.69) is 4.98 Å². The lowest BCUT2D eigenvalue weighted by molar-refractivity contribution is 0.0753. The van der Waals surface area contributed by atoms with Gasteiger partial charge in [0.25, 0.3) is 5.91 Å². The Labute approximate surface area is 95.5 Å². The van der Waals surface area contributed by atoms with E-state index in [1.807, 2.05) is 18.7 Å². The lowest BCUT2D eigenvalue weighted by atomic mass is 10.2. The maximum Gasteiger partial charge on any atom is 0.257 e. The fourth-order valence-electron chi connectivity index (χ4n) is 1.87. The van der Waals surface area contributed by atoms with Gasteiger partial charge in [-0.05, 0) is 32.8 Å². The van der Waals surface area contributed by atoms with E-state index in [1.54, 1.807) is 12.3 Å². The number of aromatic nitrogens is 1. The Kier molecular flexibility index (Phi) is 2.81. The summed E-state index contributed by atoms with van der Waals surface area (Å²) in [5.74, 6) is 0.00926. The van der Waals surface area contributed by atoms with Crippen molar-refractivity contribution in [3.05, 3.63) is 23.5 Å². The third-order valence-corrected chi connectivity index (χ3v) is 2.89. The fraction of sp³-hybridized carbons (Fsp3) is 0.500. The molecule has 2 rings (SSSR count). The molecule has 0 unspecified atom stereocenters. The Morgan fingerprint density at radius 3 is 2.81 bits per heavy atom. The number of rotatable bonds is 3. The summed E-state index contributed by atoms with van der Waals surface area (Å²) in [6, 6.07) is 2.16. The van der Waals surface area contributed by atoms with Crippen molar-refractivity contribution in [1.82, 2.24) is 9.88 Å². The Morgan fingerprint density at radius 1 is 1.62 bits per heavy atom. The highest BCUT2D eigenvalue weighted by atomic mass is 16.2. The summed E-state index contributed by atoms with van der Waals surface area (Å²) in [4.78, 5) is 18.2. The summed E-state index contributed by atoms with van der Waals surface area (Å²) < 4.78 is 0. The Bertz CT molecular complexity index is 413. The van der Waals surface area contributed by atoms with Crippen LogP contribution >= 0.6 is 0 Å². The SMILES string of the molecule is CCN(C(=O)c1cnc(C)cc1N)C1CC1. The van der Waals surface area contributed by atoms with Gasteiger partial charge in [0.2, 0.25) is 0 Å².